The number of nitrogens with one attached hydrogen (secondary N) is 2. The fourth-order valence-electron chi connectivity index (χ4n) is 2.02. The molecule has 2 rings (SSSR count). The normalized spacial score (nSPS) is 16.1. The number of rotatable bonds is 6. The number of amides is 1. The van der Waals surface area contributed by atoms with Crippen LogP contribution >= 0.6 is 27.7 Å². The molecule has 1 amide bonds. The maximum absolute atomic E-state index is 11.8. The van der Waals surface area contributed by atoms with Crippen molar-refractivity contribution in [2.45, 2.75) is 4.90 Å². The van der Waals surface area contributed by atoms with Gasteiger partial charge in [0.1, 0.15) is 13.1 Å². The van der Waals surface area contributed by atoms with Crippen LogP contribution in [0.3, 0.4) is 0 Å². The molecule has 0 unspecified atom stereocenters. The number of thioether (sulfide) groups is 1. The van der Waals surface area contributed by atoms with E-state index in [1.807, 2.05) is 12.1 Å². The third-order valence-corrected chi connectivity index (χ3v) is 4.66. The minimum Gasteiger partial charge on any atom is -0.370 e. The van der Waals surface area contributed by atoms with Crippen molar-refractivity contribution in [1.82, 2.24) is 5.32 Å². The monoisotopic (exact) mass is 359 g/mol. The second-order valence-corrected chi connectivity index (χ2v) is 6.78. The quantitative estimate of drug-likeness (QED) is 0.576. The summed E-state index contributed by atoms with van der Waals surface area (Å²) in [6.07, 6.45) is 0. The van der Waals surface area contributed by atoms with Crippen LogP contribution in [0.15, 0.2) is 33.6 Å². The summed E-state index contributed by atoms with van der Waals surface area (Å²) in [5, 5.41) is 2.98. The standard InChI is InChI=1S/C14H19BrN2O2S/c15-12-1-3-13(4-2-12)20-10-5-16-14(18)11-17-6-8-19-9-7-17/h1-4H,5-11H2,(H,16,18)/p+1. The van der Waals surface area contributed by atoms with Gasteiger partial charge in [0.25, 0.3) is 5.91 Å². The van der Waals surface area contributed by atoms with E-state index in [-0.39, 0.29) is 5.91 Å². The highest BCUT2D eigenvalue weighted by atomic mass is 79.9. The van der Waals surface area contributed by atoms with Crippen LogP contribution < -0.4 is 10.2 Å². The first-order valence-electron chi connectivity index (χ1n) is 6.80. The van der Waals surface area contributed by atoms with Crippen LogP contribution in [0.2, 0.25) is 0 Å². The summed E-state index contributed by atoms with van der Waals surface area (Å²) < 4.78 is 6.36. The number of morpholine rings is 1. The molecule has 0 aliphatic carbocycles. The second-order valence-electron chi connectivity index (χ2n) is 4.69. The summed E-state index contributed by atoms with van der Waals surface area (Å²) in [6, 6.07) is 8.22. The molecule has 0 saturated carbocycles. The highest BCUT2D eigenvalue weighted by molar-refractivity contribution is 9.10. The average molecular weight is 360 g/mol. The third kappa shape index (κ3) is 5.83. The number of carbonyl (C=O) groups excluding carboxylic acids is 1. The summed E-state index contributed by atoms with van der Waals surface area (Å²) in [7, 11) is 0. The number of quaternary nitrogens is 1. The largest absolute Gasteiger partial charge is 0.370 e. The third-order valence-electron chi connectivity index (χ3n) is 3.12. The summed E-state index contributed by atoms with van der Waals surface area (Å²) in [6.45, 7) is 4.67. The Morgan fingerprint density at radius 3 is 2.70 bits per heavy atom. The predicted octanol–water partition coefficient (Wildman–Crippen LogP) is 0.573. The minimum atomic E-state index is 0.137. The van der Waals surface area contributed by atoms with Crippen molar-refractivity contribution in [2.75, 3.05) is 45.1 Å². The van der Waals surface area contributed by atoms with Gasteiger partial charge in [-0.2, -0.15) is 0 Å². The maximum Gasteiger partial charge on any atom is 0.275 e. The van der Waals surface area contributed by atoms with E-state index in [1.54, 1.807) is 11.8 Å². The Balaban J connectivity index is 1.58. The van der Waals surface area contributed by atoms with Gasteiger partial charge in [0.2, 0.25) is 0 Å². The lowest BCUT2D eigenvalue weighted by atomic mass is 10.4. The zero-order valence-corrected chi connectivity index (χ0v) is 13.8. The SMILES string of the molecule is O=C(C[NH+]1CCOCC1)NCCSc1ccc(Br)cc1. The van der Waals surface area contributed by atoms with Crippen LogP contribution in [-0.4, -0.2) is 51.1 Å². The summed E-state index contributed by atoms with van der Waals surface area (Å²) in [5.41, 5.74) is 0. The molecular weight excluding hydrogens is 340 g/mol. The van der Waals surface area contributed by atoms with E-state index >= 15 is 0 Å². The van der Waals surface area contributed by atoms with Crippen molar-refractivity contribution in [3.8, 4) is 0 Å². The van der Waals surface area contributed by atoms with E-state index in [9.17, 15) is 4.79 Å². The van der Waals surface area contributed by atoms with Crippen molar-refractivity contribution in [3.05, 3.63) is 28.7 Å². The van der Waals surface area contributed by atoms with Crippen LogP contribution in [0.4, 0.5) is 0 Å². The first-order chi connectivity index (χ1) is 9.74. The van der Waals surface area contributed by atoms with Crippen molar-refractivity contribution in [2.24, 2.45) is 0 Å². The van der Waals surface area contributed by atoms with Gasteiger partial charge in [-0.05, 0) is 24.3 Å². The molecule has 0 aromatic heterocycles. The number of carbonyl (C=O) groups is 1. The molecule has 1 heterocycles. The summed E-state index contributed by atoms with van der Waals surface area (Å²) in [4.78, 5) is 14.3. The Kier molecular flexibility index (Phi) is 6.86. The number of ether oxygens (including phenoxy) is 1. The Labute approximate surface area is 132 Å². The number of benzene rings is 1. The van der Waals surface area contributed by atoms with Crippen LogP contribution in [0.5, 0.6) is 0 Å². The fourth-order valence-corrected chi connectivity index (χ4v) is 3.05. The van der Waals surface area contributed by atoms with Crippen LogP contribution in [0.25, 0.3) is 0 Å². The molecule has 110 valence electrons. The van der Waals surface area contributed by atoms with Crippen LogP contribution in [0, 0.1) is 0 Å². The number of hydrogen-bond acceptors (Lipinski definition) is 3. The smallest absolute Gasteiger partial charge is 0.275 e. The van der Waals surface area contributed by atoms with Gasteiger partial charge in [-0.3, -0.25) is 4.79 Å². The lowest BCUT2D eigenvalue weighted by Crippen LogP contribution is -3.15. The molecule has 1 aromatic rings. The van der Waals surface area contributed by atoms with Crippen molar-refractivity contribution in [3.63, 3.8) is 0 Å². The Hall–Kier alpha value is -0.560. The van der Waals surface area contributed by atoms with Crippen molar-refractivity contribution in [1.29, 1.82) is 0 Å². The van der Waals surface area contributed by atoms with Gasteiger partial charge >= 0.3 is 0 Å². The van der Waals surface area contributed by atoms with Gasteiger partial charge in [-0.1, -0.05) is 15.9 Å². The first-order valence-corrected chi connectivity index (χ1v) is 8.58. The Morgan fingerprint density at radius 2 is 2.00 bits per heavy atom. The van der Waals surface area contributed by atoms with Crippen LogP contribution in [0.1, 0.15) is 0 Å². The highest BCUT2D eigenvalue weighted by Gasteiger charge is 2.16. The summed E-state index contributed by atoms with van der Waals surface area (Å²) >= 11 is 5.17. The molecule has 0 bridgehead atoms. The van der Waals surface area contributed by atoms with E-state index in [2.05, 4.69) is 33.4 Å². The lowest BCUT2D eigenvalue weighted by molar-refractivity contribution is -0.900. The molecule has 1 aliphatic rings. The minimum absolute atomic E-state index is 0.137. The molecule has 1 saturated heterocycles. The Bertz CT molecular complexity index is 422. The number of hydrogen-bond donors (Lipinski definition) is 2. The molecule has 0 atom stereocenters. The molecule has 0 spiro atoms. The molecule has 20 heavy (non-hydrogen) atoms. The summed E-state index contributed by atoms with van der Waals surface area (Å²) in [5.74, 6) is 1.03. The second kappa shape index (κ2) is 8.67. The molecule has 1 aliphatic heterocycles. The van der Waals surface area contributed by atoms with Gasteiger partial charge in [0.15, 0.2) is 6.54 Å². The highest BCUT2D eigenvalue weighted by Crippen LogP contribution is 2.19. The first kappa shape index (κ1) is 15.8. The molecule has 6 heteroatoms. The topological polar surface area (TPSA) is 42.8 Å². The molecule has 0 radical (unpaired) electrons. The van der Waals surface area contributed by atoms with E-state index in [1.165, 1.54) is 9.80 Å². The van der Waals surface area contributed by atoms with Gasteiger partial charge in [0, 0.05) is 21.7 Å². The van der Waals surface area contributed by atoms with Gasteiger partial charge in [-0.25, -0.2) is 0 Å². The zero-order valence-electron chi connectivity index (χ0n) is 11.4. The molecule has 4 nitrogen and oxygen atoms in total. The average Bonchev–Trinajstić information content (AvgIpc) is 2.46. The van der Waals surface area contributed by atoms with Crippen molar-refractivity contribution < 1.29 is 14.4 Å². The van der Waals surface area contributed by atoms with E-state index in [4.69, 9.17) is 4.74 Å². The Morgan fingerprint density at radius 1 is 1.30 bits per heavy atom. The predicted molar refractivity (Wildman–Crippen MR) is 84.3 cm³/mol. The molecule has 2 N–H and O–H groups in total. The van der Waals surface area contributed by atoms with Gasteiger partial charge < -0.3 is 15.0 Å². The lowest BCUT2D eigenvalue weighted by Gasteiger charge is -2.23. The van der Waals surface area contributed by atoms with Gasteiger partial charge in [-0.15, -0.1) is 11.8 Å². The van der Waals surface area contributed by atoms with Crippen LogP contribution in [-0.2, 0) is 9.53 Å². The molecule has 1 aromatic carbocycles. The van der Waals surface area contributed by atoms with Crippen molar-refractivity contribution >= 4 is 33.6 Å². The van der Waals surface area contributed by atoms with E-state index in [0.29, 0.717) is 13.1 Å². The zero-order chi connectivity index (χ0) is 14.2. The fraction of sp³-hybridized carbons (Fsp3) is 0.500. The molecular formula is C14H20BrN2O2S+. The van der Waals surface area contributed by atoms with E-state index in [0.717, 1.165) is 36.5 Å². The number of halogens is 1. The van der Waals surface area contributed by atoms with E-state index < -0.39 is 0 Å². The maximum atomic E-state index is 11.8. The molecule has 1 fully saturated rings. The van der Waals surface area contributed by atoms with Gasteiger partial charge in [0.05, 0.1) is 13.2 Å².